The highest BCUT2D eigenvalue weighted by Gasteiger charge is 2.60. The van der Waals surface area contributed by atoms with Crippen LogP contribution in [0.4, 0.5) is 0 Å². The largest absolute Gasteiger partial charge is 0.466 e. The summed E-state index contributed by atoms with van der Waals surface area (Å²) in [6, 6.07) is 1.79. The van der Waals surface area contributed by atoms with Gasteiger partial charge in [0.2, 0.25) is 5.91 Å². The van der Waals surface area contributed by atoms with E-state index in [-0.39, 0.29) is 30.4 Å². The van der Waals surface area contributed by atoms with E-state index in [1.165, 1.54) is 0 Å². The standard InChI is InChI=1S/C20H26N4O4/c1-5-20(19(26)21-10-16-12(3)22-28-23-16)9-14-6-7-17(20)24(14)18(25)15-8-11(2)27-13(15)4/h8,14,17H,5-7,9-10H2,1-4H3,(H,21,26)/t14-,17+,20+/m0/s1. The van der Waals surface area contributed by atoms with Crippen LogP contribution in [0.1, 0.15) is 65.9 Å². The summed E-state index contributed by atoms with van der Waals surface area (Å²) >= 11 is 0. The van der Waals surface area contributed by atoms with Crippen LogP contribution in [0.5, 0.6) is 0 Å². The van der Waals surface area contributed by atoms with Crippen LogP contribution in [0.25, 0.3) is 0 Å². The first kappa shape index (κ1) is 18.7. The van der Waals surface area contributed by atoms with Crippen LogP contribution < -0.4 is 5.32 Å². The van der Waals surface area contributed by atoms with Crippen molar-refractivity contribution in [3.8, 4) is 0 Å². The van der Waals surface area contributed by atoms with Crippen LogP contribution in [0.15, 0.2) is 15.1 Å². The van der Waals surface area contributed by atoms with E-state index in [2.05, 4.69) is 15.6 Å². The molecule has 2 aromatic rings. The lowest BCUT2D eigenvalue weighted by molar-refractivity contribution is -0.133. The number of amides is 2. The van der Waals surface area contributed by atoms with Crippen molar-refractivity contribution in [1.82, 2.24) is 20.5 Å². The molecule has 2 bridgehead atoms. The summed E-state index contributed by atoms with van der Waals surface area (Å²) in [5.41, 5.74) is 1.32. The second-order valence-corrected chi connectivity index (χ2v) is 7.98. The van der Waals surface area contributed by atoms with Gasteiger partial charge in [0.05, 0.1) is 17.5 Å². The van der Waals surface area contributed by atoms with Crippen LogP contribution in [0, 0.1) is 26.2 Å². The number of carbonyl (C=O) groups excluding carboxylic acids is 2. The Hall–Kier alpha value is -2.64. The molecule has 8 nitrogen and oxygen atoms in total. The lowest BCUT2D eigenvalue weighted by atomic mass is 9.71. The van der Waals surface area contributed by atoms with Crippen molar-refractivity contribution in [2.45, 2.75) is 72.0 Å². The summed E-state index contributed by atoms with van der Waals surface area (Å²) in [5.74, 6) is 1.31. The number of hydrogen-bond donors (Lipinski definition) is 1. The quantitative estimate of drug-likeness (QED) is 0.848. The first-order chi connectivity index (χ1) is 13.4. The molecule has 4 heterocycles. The zero-order valence-electron chi connectivity index (χ0n) is 16.7. The highest BCUT2D eigenvalue weighted by Crippen LogP contribution is 2.52. The van der Waals surface area contributed by atoms with E-state index in [0.717, 1.165) is 18.6 Å². The third-order valence-corrected chi connectivity index (χ3v) is 6.49. The molecule has 2 fully saturated rings. The molecule has 2 aliphatic heterocycles. The average Bonchev–Trinajstić information content (AvgIpc) is 3.42. The van der Waals surface area contributed by atoms with Crippen molar-refractivity contribution >= 4 is 11.8 Å². The summed E-state index contributed by atoms with van der Waals surface area (Å²) in [5, 5.41) is 10.6. The van der Waals surface area contributed by atoms with Gasteiger partial charge in [-0.05, 0) is 52.5 Å². The Labute approximate surface area is 163 Å². The van der Waals surface area contributed by atoms with E-state index in [4.69, 9.17) is 9.05 Å². The predicted octanol–water partition coefficient (Wildman–Crippen LogP) is 2.68. The zero-order valence-corrected chi connectivity index (χ0v) is 16.7. The third kappa shape index (κ3) is 2.73. The highest BCUT2D eigenvalue weighted by atomic mass is 16.6. The number of rotatable bonds is 5. The van der Waals surface area contributed by atoms with Gasteiger partial charge in [0, 0.05) is 12.1 Å². The molecule has 0 aromatic carbocycles. The van der Waals surface area contributed by atoms with Gasteiger partial charge >= 0.3 is 0 Å². The Bertz CT molecular complexity index is 917. The van der Waals surface area contributed by atoms with Crippen LogP contribution >= 0.6 is 0 Å². The van der Waals surface area contributed by atoms with Crippen LogP contribution in [0.3, 0.4) is 0 Å². The topological polar surface area (TPSA) is 101 Å². The molecular weight excluding hydrogens is 360 g/mol. The number of nitrogens with zero attached hydrogens (tertiary/aromatic N) is 3. The van der Waals surface area contributed by atoms with Gasteiger partial charge in [-0.15, -0.1) is 0 Å². The minimum Gasteiger partial charge on any atom is -0.466 e. The number of furan rings is 1. The van der Waals surface area contributed by atoms with Crippen molar-refractivity contribution in [2.75, 3.05) is 0 Å². The molecule has 2 aromatic heterocycles. The van der Waals surface area contributed by atoms with Crippen LogP contribution in [0.2, 0.25) is 0 Å². The smallest absolute Gasteiger partial charge is 0.257 e. The van der Waals surface area contributed by atoms with E-state index in [1.807, 2.05) is 25.7 Å². The minimum atomic E-state index is -0.573. The second-order valence-electron chi connectivity index (χ2n) is 7.98. The molecular formula is C20H26N4O4. The van der Waals surface area contributed by atoms with E-state index >= 15 is 0 Å². The molecule has 0 unspecified atom stereocenters. The average molecular weight is 386 g/mol. The summed E-state index contributed by atoms with van der Waals surface area (Å²) in [7, 11) is 0. The fraction of sp³-hybridized carbons (Fsp3) is 0.600. The third-order valence-electron chi connectivity index (χ3n) is 6.49. The first-order valence-corrected chi connectivity index (χ1v) is 9.83. The van der Waals surface area contributed by atoms with Gasteiger partial charge in [0.15, 0.2) is 0 Å². The Balaban J connectivity index is 1.56. The number of nitrogens with one attached hydrogen (secondary N) is 1. The number of carbonyl (C=O) groups is 2. The maximum atomic E-state index is 13.3. The molecule has 0 spiro atoms. The fourth-order valence-electron chi connectivity index (χ4n) is 5.01. The van der Waals surface area contributed by atoms with Crippen molar-refractivity contribution < 1.29 is 18.6 Å². The Morgan fingerprint density at radius 3 is 2.68 bits per heavy atom. The van der Waals surface area contributed by atoms with Crippen molar-refractivity contribution in [1.29, 1.82) is 0 Å². The summed E-state index contributed by atoms with van der Waals surface area (Å²) < 4.78 is 10.3. The predicted molar refractivity (Wildman–Crippen MR) is 99.4 cm³/mol. The SMILES string of the molecule is CC[C@@]1(C(=O)NCc2nonc2C)C[C@@H]2CC[C@H]1N2C(=O)c1cc(C)oc1C. The molecule has 2 aliphatic rings. The first-order valence-electron chi connectivity index (χ1n) is 9.83. The van der Waals surface area contributed by atoms with E-state index in [0.29, 0.717) is 35.6 Å². The number of fused-ring (bicyclic) bond motifs is 2. The van der Waals surface area contributed by atoms with Gasteiger partial charge in [-0.25, -0.2) is 4.63 Å². The Morgan fingerprint density at radius 2 is 2.07 bits per heavy atom. The maximum Gasteiger partial charge on any atom is 0.257 e. The van der Waals surface area contributed by atoms with Gasteiger partial charge in [-0.3, -0.25) is 9.59 Å². The number of aryl methyl sites for hydroxylation is 3. The van der Waals surface area contributed by atoms with Gasteiger partial charge in [0.25, 0.3) is 5.91 Å². The highest BCUT2D eigenvalue weighted by molar-refractivity contribution is 5.97. The van der Waals surface area contributed by atoms with Crippen molar-refractivity contribution in [3.63, 3.8) is 0 Å². The Kier molecular flexibility index (Phi) is 4.51. The van der Waals surface area contributed by atoms with Gasteiger partial charge in [-0.1, -0.05) is 17.2 Å². The lowest BCUT2D eigenvalue weighted by Crippen LogP contribution is -2.49. The summed E-state index contributed by atoms with van der Waals surface area (Å²) in [4.78, 5) is 28.4. The van der Waals surface area contributed by atoms with Gasteiger partial charge in [-0.2, -0.15) is 0 Å². The molecule has 4 rings (SSSR count). The minimum absolute atomic E-state index is 0.0255. The fourth-order valence-corrected chi connectivity index (χ4v) is 5.01. The van der Waals surface area contributed by atoms with Gasteiger partial charge in [0.1, 0.15) is 22.9 Å². The molecule has 2 amide bonds. The molecule has 0 radical (unpaired) electrons. The van der Waals surface area contributed by atoms with E-state index in [1.54, 1.807) is 13.0 Å². The van der Waals surface area contributed by atoms with Crippen molar-refractivity contribution in [3.05, 3.63) is 34.5 Å². The number of hydrogen-bond acceptors (Lipinski definition) is 6. The monoisotopic (exact) mass is 386 g/mol. The Morgan fingerprint density at radius 1 is 1.29 bits per heavy atom. The normalized spacial score (nSPS) is 26.1. The zero-order chi connectivity index (χ0) is 20.1. The van der Waals surface area contributed by atoms with Gasteiger partial charge < -0.3 is 14.6 Å². The molecule has 0 aliphatic carbocycles. The lowest BCUT2D eigenvalue weighted by Gasteiger charge is -2.35. The molecule has 150 valence electrons. The second kappa shape index (κ2) is 6.76. The molecule has 1 N–H and O–H groups in total. The molecule has 8 heteroatoms. The van der Waals surface area contributed by atoms with Crippen molar-refractivity contribution in [2.24, 2.45) is 5.41 Å². The van der Waals surface area contributed by atoms with Crippen LogP contribution in [-0.2, 0) is 11.3 Å². The molecule has 0 saturated carbocycles. The summed E-state index contributed by atoms with van der Waals surface area (Å²) in [6.45, 7) is 7.75. The molecule has 28 heavy (non-hydrogen) atoms. The molecule has 2 saturated heterocycles. The van der Waals surface area contributed by atoms with E-state index < -0.39 is 5.41 Å². The van der Waals surface area contributed by atoms with Crippen LogP contribution in [-0.4, -0.2) is 39.1 Å². The number of aromatic nitrogens is 2. The maximum absolute atomic E-state index is 13.3. The van der Waals surface area contributed by atoms with E-state index in [9.17, 15) is 9.59 Å². The molecule has 3 atom stereocenters. The summed E-state index contributed by atoms with van der Waals surface area (Å²) in [6.07, 6.45) is 3.16.